The SMILES string of the molecule is CC1CCNC(C(=O)N(C)c2ccc(C#N)cc2)C1. The molecule has 0 spiro atoms. The fraction of sp³-hybridized carbons (Fsp3) is 0.467. The molecule has 2 unspecified atom stereocenters. The quantitative estimate of drug-likeness (QED) is 0.880. The Hall–Kier alpha value is -1.86. The van der Waals surface area contributed by atoms with Crippen molar-refractivity contribution < 1.29 is 4.79 Å². The molecule has 1 aliphatic heterocycles. The Morgan fingerprint density at radius 1 is 1.42 bits per heavy atom. The Balaban J connectivity index is 2.07. The lowest BCUT2D eigenvalue weighted by atomic mass is 9.93. The van der Waals surface area contributed by atoms with Crippen LogP contribution in [-0.4, -0.2) is 25.5 Å². The first-order chi connectivity index (χ1) is 9.11. The van der Waals surface area contributed by atoms with E-state index in [0.29, 0.717) is 11.5 Å². The second-order valence-electron chi connectivity index (χ2n) is 5.19. The van der Waals surface area contributed by atoms with Crippen LogP contribution in [0.15, 0.2) is 24.3 Å². The minimum Gasteiger partial charge on any atom is -0.314 e. The molecule has 19 heavy (non-hydrogen) atoms. The molecule has 2 rings (SSSR count). The predicted molar refractivity (Wildman–Crippen MR) is 74.8 cm³/mol. The lowest BCUT2D eigenvalue weighted by Crippen LogP contribution is -2.49. The number of rotatable bonds is 2. The third-order valence-electron chi connectivity index (χ3n) is 3.68. The van der Waals surface area contributed by atoms with Crippen molar-refractivity contribution in [3.05, 3.63) is 29.8 Å². The number of piperidine rings is 1. The maximum absolute atomic E-state index is 12.4. The van der Waals surface area contributed by atoms with Crippen molar-refractivity contribution in [1.29, 1.82) is 5.26 Å². The van der Waals surface area contributed by atoms with Crippen molar-refractivity contribution in [1.82, 2.24) is 5.32 Å². The summed E-state index contributed by atoms with van der Waals surface area (Å²) in [7, 11) is 1.78. The van der Waals surface area contributed by atoms with Crippen molar-refractivity contribution in [2.24, 2.45) is 5.92 Å². The van der Waals surface area contributed by atoms with E-state index in [2.05, 4.69) is 18.3 Å². The zero-order valence-corrected chi connectivity index (χ0v) is 11.4. The molecule has 1 saturated heterocycles. The van der Waals surface area contributed by atoms with Gasteiger partial charge in [0.25, 0.3) is 0 Å². The molecule has 1 heterocycles. The van der Waals surface area contributed by atoms with Crippen molar-refractivity contribution in [2.45, 2.75) is 25.8 Å². The van der Waals surface area contributed by atoms with Gasteiger partial charge in [-0.15, -0.1) is 0 Å². The molecule has 1 aromatic rings. The summed E-state index contributed by atoms with van der Waals surface area (Å²) in [5.41, 5.74) is 1.43. The third-order valence-corrected chi connectivity index (χ3v) is 3.68. The van der Waals surface area contributed by atoms with Crippen molar-refractivity contribution >= 4 is 11.6 Å². The number of likely N-dealkylation sites (N-methyl/N-ethyl adjacent to an activating group) is 1. The largest absolute Gasteiger partial charge is 0.314 e. The first kappa shape index (κ1) is 13.6. The van der Waals surface area contributed by atoms with Gasteiger partial charge in [-0.3, -0.25) is 4.79 Å². The van der Waals surface area contributed by atoms with Gasteiger partial charge in [0.1, 0.15) is 0 Å². The van der Waals surface area contributed by atoms with E-state index in [0.717, 1.165) is 25.1 Å². The average Bonchev–Trinajstić information content (AvgIpc) is 2.46. The zero-order valence-electron chi connectivity index (χ0n) is 11.4. The molecule has 1 amide bonds. The van der Waals surface area contributed by atoms with Crippen LogP contribution in [0.2, 0.25) is 0 Å². The highest BCUT2D eigenvalue weighted by Gasteiger charge is 2.27. The maximum atomic E-state index is 12.4. The number of nitrogens with zero attached hydrogens (tertiary/aromatic N) is 2. The fourth-order valence-corrected chi connectivity index (χ4v) is 2.42. The van der Waals surface area contributed by atoms with Gasteiger partial charge in [-0.2, -0.15) is 5.26 Å². The Labute approximate surface area is 114 Å². The van der Waals surface area contributed by atoms with Gasteiger partial charge in [0.05, 0.1) is 17.7 Å². The highest BCUT2D eigenvalue weighted by atomic mass is 16.2. The van der Waals surface area contributed by atoms with Crippen LogP contribution in [0.4, 0.5) is 5.69 Å². The Morgan fingerprint density at radius 2 is 2.11 bits per heavy atom. The molecule has 0 bridgehead atoms. The molecule has 100 valence electrons. The number of anilines is 1. The molecule has 1 aliphatic rings. The van der Waals surface area contributed by atoms with E-state index in [-0.39, 0.29) is 11.9 Å². The highest BCUT2D eigenvalue weighted by molar-refractivity contribution is 5.96. The standard InChI is InChI=1S/C15H19N3O/c1-11-7-8-17-14(9-11)15(19)18(2)13-5-3-12(10-16)4-6-13/h3-6,11,14,17H,7-9H2,1-2H3. The second-order valence-corrected chi connectivity index (χ2v) is 5.19. The van der Waals surface area contributed by atoms with Gasteiger partial charge in [-0.05, 0) is 49.6 Å². The van der Waals surface area contributed by atoms with E-state index in [1.54, 1.807) is 24.1 Å². The smallest absolute Gasteiger partial charge is 0.243 e. The van der Waals surface area contributed by atoms with Crippen LogP contribution >= 0.6 is 0 Å². The summed E-state index contributed by atoms with van der Waals surface area (Å²) in [5.74, 6) is 0.681. The summed E-state index contributed by atoms with van der Waals surface area (Å²) in [6, 6.07) is 9.06. The molecule has 4 heteroatoms. The predicted octanol–water partition coefficient (Wildman–Crippen LogP) is 1.91. The van der Waals surface area contributed by atoms with Crippen LogP contribution in [0, 0.1) is 17.2 Å². The molecular weight excluding hydrogens is 238 g/mol. The summed E-state index contributed by atoms with van der Waals surface area (Å²) >= 11 is 0. The summed E-state index contributed by atoms with van der Waals surface area (Å²) in [6.45, 7) is 3.08. The molecular formula is C15H19N3O. The average molecular weight is 257 g/mol. The van der Waals surface area contributed by atoms with Crippen molar-refractivity contribution in [3.8, 4) is 6.07 Å². The molecule has 2 atom stereocenters. The molecule has 0 radical (unpaired) electrons. The number of hydrogen-bond acceptors (Lipinski definition) is 3. The van der Waals surface area contributed by atoms with E-state index in [1.807, 2.05) is 12.1 Å². The van der Waals surface area contributed by atoms with Crippen molar-refractivity contribution in [3.63, 3.8) is 0 Å². The summed E-state index contributed by atoms with van der Waals surface area (Å²) < 4.78 is 0. The van der Waals surface area contributed by atoms with Crippen LogP contribution in [0.5, 0.6) is 0 Å². The second kappa shape index (κ2) is 5.85. The van der Waals surface area contributed by atoms with E-state index >= 15 is 0 Å². The normalized spacial score (nSPS) is 22.6. The van der Waals surface area contributed by atoms with Crippen LogP contribution in [0.25, 0.3) is 0 Å². The van der Waals surface area contributed by atoms with Gasteiger partial charge in [-0.25, -0.2) is 0 Å². The number of nitriles is 1. The van der Waals surface area contributed by atoms with Gasteiger partial charge >= 0.3 is 0 Å². The minimum absolute atomic E-state index is 0.0932. The number of amides is 1. The molecule has 1 fully saturated rings. The topological polar surface area (TPSA) is 56.1 Å². The number of benzene rings is 1. The Morgan fingerprint density at radius 3 is 2.68 bits per heavy atom. The van der Waals surface area contributed by atoms with Crippen LogP contribution in [0.1, 0.15) is 25.3 Å². The van der Waals surface area contributed by atoms with E-state index < -0.39 is 0 Å². The lowest BCUT2D eigenvalue weighted by molar-refractivity contribution is -0.121. The van der Waals surface area contributed by atoms with Gasteiger partial charge in [0, 0.05) is 12.7 Å². The molecule has 0 aliphatic carbocycles. The minimum atomic E-state index is -0.0932. The molecule has 0 aromatic heterocycles. The number of hydrogen-bond donors (Lipinski definition) is 1. The summed E-state index contributed by atoms with van der Waals surface area (Å²) in [4.78, 5) is 14.1. The first-order valence-corrected chi connectivity index (χ1v) is 6.63. The van der Waals surface area contributed by atoms with Gasteiger partial charge in [0.2, 0.25) is 5.91 Å². The van der Waals surface area contributed by atoms with Crippen LogP contribution in [0.3, 0.4) is 0 Å². The van der Waals surface area contributed by atoms with E-state index in [1.165, 1.54) is 0 Å². The van der Waals surface area contributed by atoms with Crippen LogP contribution < -0.4 is 10.2 Å². The highest BCUT2D eigenvalue weighted by Crippen LogP contribution is 2.19. The Bertz CT molecular complexity index is 489. The van der Waals surface area contributed by atoms with Gasteiger partial charge < -0.3 is 10.2 Å². The number of nitrogens with one attached hydrogen (secondary N) is 1. The first-order valence-electron chi connectivity index (χ1n) is 6.63. The van der Waals surface area contributed by atoms with Crippen molar-refractivity contribution in [2.75, 3.05) is 18.5 Å². The lowest BCUT2D eigenvalue weighted by Gasteiger charge is -2.30. The van der Waals surface area contributed by atoms with Crippen LogP contribution in [-0.2, 0) is 4.79 Å². The zero-order chi connectivity index (χ0) is 13.8. The van der Waals surface area contributed by atoms with Gasteiger partial charge in [-0.1, -0.05) is 6.92 Å². The summed E-state index contributed by atoms with van der Waals surface area (Å²) in [5, 5.41) is 12.0. The molecule has 4 nitrogen and oxygen atoms in total. The summed E-state index contributed by atoms with van der Waals surface area (Å²) in [6.07, 6.45) is 2.02. The number of carbonyl (C=O) groups is 1. The molecule has 0 saturated carbocycles. The van der Waals surface area contributed by atoms with E-state index in [4.69, 9.17) is 5.26 Å². The molecule has 1 N–H and O–H groups in total. The Kier molecular flexibility index (Phi) is 4.18. The monoisotopic (exact) mass is 257 g/mol. The third kappa shape index (κ3) is 3.12. The fourth-order valence-electron chi connectivity index (χ4n) is 2.42. The maximum Gasteiger partial charge on any atom is 0.243 e. The van der Waals surface area contributed by atoms with E-state index in [9.17, 15) is 4.79 Å². The number of carbonyl (C=O) groups excluding carboxylic acids is 1. The molecule has 1 aromatic carbocycles. The van der Waals surface area contributed by atoms with Gasteiger partial charge in [0.15, 0.2) is 0 Å².